The summed E-state index contributed by atoms with van der Waals surface area (Å²) in [6.45, 7) is 4.57. The predicted octanol–water partition coefficient (Wildman–Crippen LogP) is -12.8. The second-order valence-electron chi connectivity index (χ2n) is 10.7. The van der Waals surface area contributed by atoms with Gasteiger partial charge in [0.25, 0.3) is 0 Å². The smallest absolute Gasteiger partial charge is 0.142 e. The van der Waals surface area contributed by atoms with E-state index in [0.717, 1.165) is 11.2 Å². The predicted molar refractivity (Wildman–Crippen MR) is 183 cm³/mol. The Morgan fingerprint density at radius 1 is 0.424 bits per heavy atom. The molecule has 1 aromatic heterocycles. The molecule has 0 radical (unpaired) electrons. The number of rotatable bonds is 2. The quantitative estimate of drug-likeness (QED) is 0.296. The fourth-order valence-electron chi connectivity index (χ4n) is 6.05. The van der Waals surface area contributed by atoms with E-state index in [0.29, 0.717) is 5.92 Å². The van der Waals surface area contributed by atoms with Crippen LogP contribution in [0.5, 0.6) is 0 Å². The molecule has 0 amide bonds. The molecule has 0 aliphatic rings. The summed E-state index contributed by atoms with van der Waals surface area (Å²) in [7, 11) is 25.0. The van der Waals surface area contributed by atoms with E-state index >= 15 is 0 Å². The molecule has 152 valence electrons. The van der Waals surface area contributed by atoms with Crippen LogP contribution in [0.3, 0.4) is 0 Å². The minimum atomic E-state index is 0.408. The number of furan rings is 1. The van der Waals surface area contributed by atoms with Gasteiger partial charge < -0.3 is 4.42 Å². The second kappa shape index (κ2) is 8.14. The van der Waals surface area contributed by atoms with E-state index in [2.05, 4.69) is 100 Å². The topological polar surface area (TPSA) is 13.1 Å². The average molecular weight is 416 g/mol. The van der Waals surface area contributed by atoms with Crippen molar-refractivity contribution in [3.63, 3.8) is 0 Å². The van der Waals surface area contributed by atoms with Crippen molar-refractivity contribution in [2.75, 3.05) is 0 Å². The zero-order chi connectivity index (χ0) is 24.7. The Kier molecular flexibility index (Phi) is 5.99. The van der Waals surface area contributed by atoms with Crippen molar-refractivity contribution in [3.8, 4) is 11.1 Å². The fourth-order valence-corrected chi connectivity index (χ4v) is 6.05. The van der Waals surface area contributed by atoms with Crippen molar-refractivity contribution in [1.82, 2.24) is 0 Å². The Hall–Kier alpha value is -1.83. The Morgan fingerprint density at radius 3 is 1.27 bits per heavy atom. The molecule has 0 aliphatic carbocycles. The fraction of sp³-hybridized carbons (Fsp3) is 0.143. The van der Waals surface area contributed by atoms with Gasteiger partial charge in [0.1, 0.15) is 97.5 Å². The molecule has 3 aromatic carbocycles. The number of fused-ring (bicyclic) bond motifs is 3. The second-order valence-corrected chi connectivity index (χ2v) is 10.7. The summed E-state index contributed by atoms with van der Waals surface area (Å²) in [4.78, 5) is 0. The third kappa shape index (κ3) is 3.23. The highest BCUT2D eigenvalue weighted by Gasteiger charge is 2.26. The largest absolute Gasteiger partial charge is 0.455 e. The van der Waals surface area contributed by atoms with Crippen LogP contribution in [0.1, 0.15) is 25.3 Å². The normalized spacial score (nSPS) is 11.7. The van der Waals surface area contributed by atoms with Crippen molar-refractivity contribution in [3.05, 3.63) is 5.56 Å². The molecule has 0 unspecified atom stereocenters. The SMILES string of the molecule is Bc1c(B)c(B)c(-c2c(B)c(B)c(B)c3c2oc2c(C(C)C)c(B)c(B)c(B)c23)c(B)c1B. The maximum Gasteiger partial charge on any atom is 0.142 e. The van der Waals surface area contributed by atoms with Gasteiger partial charge in [-0.15, -0.1) is 21.9 Å². The molecule has 4 rings (SSSR count). The Bertz CT molecular complexity index is 1470. The van der Waals surface area contributed by atoms with Gasteiger partial charge in [0, 0.05) is 16.3 Å². The van der Waals surface area contributed by atoms with Crippen LogP contribution in [0.4, 0.5) is 0 Å². The van der Waals surface area contributed by atoms with Crippen LogP contribution in [0.25, 0.3) is 33.1 Å². The maximum atomic E-state index is 6.98. The molecule has 0 aliphatic heterocycles. The van der Waals surface area contributed by atoms with Crippen LogP contribution < -0.4 is 60.1 Å². The van der Waals surface area contributed by atoms with Gasteiger partial charge in [-0.3, -0.25) is 0 Å². The molecule has 12 heteroatoms. The first-order chi connectivity index (χ1) is 15.3. The van der Waals surface area contributed by atoms with Crippen molar-refractivity contribution in [2.45, 2.75) is 19.8 Å². The molecule has 0 saturated heterocycles. The van der Waals surface area contributed by atoms with E-state index in [4.69, 9.17) is 4.42 Å². The summed E-state index contributed by atoms with van der Waals surface area (Å²) in [6.07, 6.45) is 0. The van der Waals surface area contributed by atoms with E-state index in [9.17, 15) is 0 Å². The lowest BCUT2D eigenvalue weighted by Crippen LogP contribution is -2.56. The van der Waals surface area contributed by atoms with Crippen LogP contribution >= 0.6 is 0 Å². The third-order valence-corrected chi connectivity index (χ3v) is 8.99. The minimum Gasteiger partial charge on any atom is -0.455 e. The minimum absolute atomic E-state index is 0.408. The van der Waals surface area contributed by atoms with Crippen molar-refractivity contribution < 1.29 is 4.42 Å². The monoisotopic (exact) mass is 418 g/mol. The van der Waals surface area contributed by atoms with Crippen molar-refractivity contribution in [1.29, 1.82) is 0 Å². The third-order valence-electron chi connectivity index (χ3n) is 8.99. The summed E-state index contributed by atoms with van der Waals surface area (Å²) in [5.41, 5.74) is 21.3. The molecule has 0 spiro atoms. The van der Waals surface area contributed by atoms with Gasteiger partial charge in [-0.05, 0) is 17.0 Å². The van der Waals surface area contributed by atoms with E-state index < -0.39 is 0 Å². The van der Waals surface area contributed by atoms with E-state index in [-0.39, 0.29) is 0 Å². The van der Waals surface area contributed by atoms with Crippen LogP contribution in [-0.4, -0.2) is 86.3 Å². The van der Waals surface area contributed by atoms with Crippen LogP contribution in [0, 0.1) is 0 Å². The van der Waals surface area contributed by atoms with Gasteiger partial charge >= 0.3 is 0 Å². The lowest BCUT2D eigenvalue weighted by molar-refractivity contribution is 0.660. The average Bonchev–Trinajstić information content (AvgIpc) is 3.15. The molecular formula is C21H29B11O. The van der Waals surface area contributed by atoms with Gasteiger partial charge in [-0.1, -0.05) is 52.1 Å². The molecule has 4 aromatic rings. The summed E-state index contributed by atoms with van der Waals surface area (Å²) in [5, 5.41) is 2.62. The number of hydrogen-bond acceptors (Lipinski definition) is 1. The molecule has 1 heterocycles. The first kappa shape index (κ1) is 24.3. The van der Waals surface area contributed by atoms with Crippen LogP contribution in [0.15, 0.2) is 4.42 Å². The molecular weight excluding hydrogens is 387 g/mol. The number of benzene rings is 3. The van der Waals surface area contributed by atoms with Gasteiger partial charge in [0.15, 0.2) is 0 Å². The molecule has 33 heavy (non-hydrogen) atoms. The molecule has 0 N–H and O–H groups in total. The lowest BCUT2D eigenvalue weighted by Gasteiger charge is -2.23. The maximum absolute atomic E-state index is 6.98. The lowest BCUT2D eigenvalue weighted by atomic mass is 9.58. The Labute approximate surface area is 208 Å². The zero-order valence-electron chi connectivity index (χ0n) is 23.0. The van der Waals surface area contributed by atoms with Crippen LogP contribution in [-0.2, 0) is 0 Å². The highest BCUT2D eigenvalue weighted by Crippen LogP contribution is 2.34. The first-order valence-electron chi connectivity index (χ1n) is 12.4. The standard InChI is InChI=1S/C21H29B11O/c1-3(2)4-9(22)15(28)13(26)7-8-14(27)16(29)12(25)6(21(8)33-20(4)7)5-10(23)17(30)19(32)18(31)11(5)24/h3H,22-32H2,1-2H3. The van der Waals surface area contributed by atoms with Gasteiger partial charge in [0.2, 0.25) is 0 Å². The Morgan fingerprint density at radius 2 is 0.788 bits per heavy atom. The highest BCUT2D eigenvalue weighted by atomic mass is 16.3. The number of hydrogen-bond donors (Lipinski definition) is 0. The zero-order valence-corrected chi connectivity index (χ0v) is 23.0. The molecule has 0 fully saturated rings. The van der Waals surface area contributed by atoms with Crippen LogP contribution in [0.2, 0.25) is 0 Å². The first-order valence-corrected chi connectivity index (χ1v) is 12.4. The molecule has 1 nitrogen and oxygen atoms in total. The Balaban J connectivity index is 2.37. The van der Waals surface area contributed by atoms with Gasteiger partial charge in [0.05, 0.1) is 0 Å². The molecule has 0 atom stereocenters. The summed E-state index contributed by atoms with van der Waals surface area (Å²) >= 11 is 0. The molecule has 0 bridgehead atoms. The van der Waals surface area contributed by atoms with Crippen molar-refractivity contribution >= 4 is 168 Å². The summed E-state index contributed by atoms with van der Waals surface area (Å²) in [6, 6.07) is 0. The van der Waals surface area contributed by atoms with E-state index in [1.165, 1.54) is 87.6 Å². The summed E-state index contributed by atoms with van der Waals surface area (Å²) < 4.78 is 6.98. The highest BCUT2D eigenvalue weighted by molar-refractivity contribution is 6.71. The summed E-state index contributed by atoms with van der Waals surface area (Å²) in [5.74, 6) is 0.408. The molecule has 0 saturated carbocycles. The van der Waals surface area contributed by atoms with Gasteiger partial charge in [-0.25, -0.2) is 0 Å². The van der Waals surface area contributed by atoms with E-state index in [1.807, 2.05) is 0 Å². The van der Waals surface area contributed by atoms with Crippen molar-refractivity contribution in [2.24, 2.45) is 0 Å². The van der Waals surface area contributed by atoms with Gasteiger partial charge in [-0.2, -0.15) is 0 Å². The van der Waals surface area contributed by atoms with E-state index in [1.54, 1.807) is 0 Å².